The Bertz CT molecular complexity index is 401. The molecule has 0 amide bonds. The van der Waals surface area contributed by atoms with E-state index in [0.717, 1.165) is 30.2 Å². The molecule has 2 saturated carbocycles. The van der Waals surface area contributed by atoms with Crippen LogP contribution in [-0.4, -0.2) is 19.2 Å². The van der Waals surface area contributed by atoms with Gasteiger partial charge in [-0.1, -0.05) is 37.5 Å². The summed E-state index contributed by atoms with van der Waals surface area (Å²) in [6, 6.07) is 11.1. The molecule has 2 unspecified atom stereocenters. The Labute approximate surface area is 129 Å². The molecule has 0 bridgehead atoms. The van der Waals surface area contributed by atoms with Gasteiger partial charge in [-0.15, -0.1) is 0 Å². The number of nitrogens with one attached hydrogen (secondary N) is 1. The third kappa shape index (κ3) is 5.03. The van der Waals surface area contributed by atoms with E-state index in [2.05, 4.69) is 5.32 Å². The molecule has 0 heterocycles. The van der Waals surface area contributed by atoms with E-state index in [1.54, 1.807) is 0 Å². The summed E-state index contributed by atoms with van der Waals surface area (Å²) in [5, 5.41) is 3.74. The highest BCUT2D eigenvalue weighted by Gasteiger charge is 2.27. The minimum Gasteiger partial charge on any atom is -0.494 e. The zero-order chi connectivity index (χ0) is 14.3. The fraction of sp³-hybridized carbons (Fsp3) is 0.684. The van der Waals surface area contributed by atoms with Crippen LogP contribution in [0.1, 0.15) is 51.4 Å². The second kappa shape index (κ2) is 7.84. The molecule has 0 saturated heterocycles. The molecule has 2 nitrogen and oxygen atoms in total. The highest BCUT2D eigenvalue weighted by molar-refractivity contribution is 5.20. The van der Waals surface area contributed by atoms with Gasteiger partial charge in [0, 0.05) is 6.04 Å². The predicted molar refractivity (Wildman–Crippen MR) is 87.6 cm³/mol. The molecule has 1 aromatic carbocycles. The van der Waals surface area contributed by atoms with Crippen LogP contribution in [0.5, 0.6) is 5.75 Å². The van der Waals surface area contributed by atoms with E-state index in [1.165, 1.54) is 57.9 Å². The summed E-state index contributed by atoms with van der Waals surface area (Å²) in [4.78, 5) is 0. The smallest absolute Gasteiger partial charge is 0.119 e. The van der Waals surface area contributed by atoms with Crippen molar-refractivity contribution < 1.29 is 4.74 Å². The van der Waals surface area contributed by atoms with E-state index in [1.807, 2.05) is 30.3 Å². The monoisotopic (exact) mass is 287 g/mol. The SMILES string of the molecule is c1ccc(OCCCC2CCCCC2CNC2CC2)cc1. The first-order valence-electron chi connectivity index (χ1n) is 8.83. The lowest BCUT2D eigenvalue weighted by Crippen LogP contribution is -2.32. The lowest BCUT2D eigenvalue weighted by atomic mass is 9.77. The first-order valence-corrected chi connectivity index (χ1v) is 8.83. The van der Waals surface area contributed by atoms with Crippen LogP contribution in [0.4, 0.5) is 0 Å². The van der Waals surface area contributed by atoms with Crippen LogP contribution in [0.15, 0.2) is 30.3 Å². The van der Waals surface area contributed by atoms with E-state index in [0.29, 0.717) is 0 Å². The quantitative estimate of drug-likeness (QED) is 0.715. The molecule has 21 heavy (non-hydrogen) atoms. The summed E-state index contributed by atoms with van der Waals surface area (Å²) in [6.07, 6.45) is 11.1. The highest BCUT2D eigenvalue weighted by atomic mass is 16.5. The fourth-order valence-corrected chi connectivity index (χ4v) is 3.59. The zero-order valence-electron chi connectivity index (χ0n) is 13.1. The second-order valence-corrected chi connectivity index (χ2v) is 6.79. The van der Waals surface area contributed by atoms with Crippen LogP contribution < -0.4 is 10.1 Å². The van der Waals surface area contributed by atoms with Gasteiger partial charge >= 0.3 is 0 Å². The lowest BCUT2D eigenvalue weighted by molar-refractivity contribution is 0.199. The molecule has 2 aliphatic rings. The van der Waals surface area contributed by atoms with Crippen molar-refractivity contribution in [2.45, 2.75) is 57.4 Å². The maximum Gasteiger partial charge on any atom is 0.119 e. The predicted octanol–water partition coefficient (Wildman–Crippen LogP) is 4.40. The topological polar surface area (TPSA) is 21.3 Å². The van der Waals surface area contributed by atoms with Gasteiger partial charge in [0.2, 0.25) is 0 Å². The van der Waals surface area contributed by atoms with Crippen molar-refractivity contribution in [2.24, 2.45) is 11.8 Å². The molecular weight excluding hydrogens is 258 g/mol. The first-order chi connectivity index (χ1) is 10.4. The highest BCUT2D eigenvalue weighted by Crippen LogP contribution is 2.33. The van der Waals surface area contributed by atoms with Crippen molar-refractivity contribution in [2.75, 3.05) is 13.2 Å². The van der Waals surface area contributed by atoms with Crippen molar-refractivity contribution in [3.05, 3.63) is 30.3 Å². The largest absolute Gasteiger partial charge is 0.494 e. The van der Waals surface area contributed by atoms with Crippen LogP contribution >= 0.6 is 0 Å². The second-order valence-electron chi connectivity index (χ2n) is 6.79. The summed E-state index contributed by atoms with van der Waals surface area (Å²) in [5.41, 5.74) is 0. The Morgan fingerprint density at radius 1 is 0.952 bits per heavy atom. The minimum atomic E-state index is 0.856. The molecule has 2 atom stereocenters. The third-order valence-corrected chi connectivity index (χ3v) is 5.04. The molecule has 0 aliphatic heterocycles. The number of para-hydroxylation sites is 1. The van der Waals surface area contributed by atoms with E-state index in [-0.39, 0.29) is 0 Å². The third-order valence-electron chi connectivity index (χ3n) is 5.04. The number of rotatable bonds is 8. The van der Waals surface area contributed by atoms with Crippen LogP contribution in [-0.2, 0) is 0 Å². The van der Waals surface area contributed by atoms with Crippen molar-refractivity contribution >= 4 is 0 Å². The lowest BCUT2D eigenvalue weighted by Gasteiger charge is -2.32. The van der Waals surface area contributed by atoms with Gasteiger partial charge in [0.25, 0.3) is 0 Å². The van der Waals surface area contributed by atoms with Crippen molar-refractivity contribution in [3.8, 4) is 5.75 Å². The fourth-order valence-electron chi connectivity index (χ4n) is 3.59. The number of benzene rings is 1. The Morgan fingerprint density at radius 3 is 2.48 bits per heavy atom. The van der Waals surface area contributed by atoms with Gasteiger partial charge in [-0.05, 0) is 62.6 Å². The van der Waals surface area contributed by atoms with Crippen LogP contribution in [0, 0.1) is 11.8 Å². The van der Waals surface area contributed by atoms with E-state index in [9.17, 15) is 0 Å². The first kappa shape index (κ1) is 14.9. The molecule has 0 radical (unpaired) electrons. The Hall–Kier alpha value is -1.02. The molecule has 0 aromatic heterocycles. The van der Waals surface area contributed by atoms with Gasteiger partial charge in [0.05, 0.1) is 6.61 Å². The average Bonchev–Trinajstić information content (AvgIpc) is 3.36. The molecular formula is C19H29NO. The minimum absolute atomic E-state index is 0.856. The summed E-state index contributed by atoms with van der Waals surface area (Å²) in [7, 11) is 0. The Balaban J connectivity index is 1.35. The maximum atomic E-state index is 5.82. The molecule has 2 heteroatoms. The molecule has 2 fully saturated rings. The van der Waals surface area contributed by atoms with E-state index < -0.39 is 0 Å². The van der Waals surface area contributed by atoms with Gasteiger partial charge in [0.1, 0.15) is 5.75 Å². The molecule has 1 N–H and O–H groups in total. The molecule has 3 rings (SSSR count). The van der Waals surface area contributed by atoms with Gasteiger partial charge in [-0.2, -0.15) is 0 Å². The number of ether oxygens (including phenoxy) is 1. The van der Waals surface area contributed by atoms with Gasteiger partial charge < -0.3 is 10.1 Å². The summed E-state index contributed by atoms with van der Waals surface area (Å²) in [6.45, 7) is 2.12. The van der Waals surface area contributed by atoms with Gasteiger partial charge in [0.15, 0.2) is 0 Å². The molecule has 0 spiro atoms. The summed E-state index contributed by atoms with van der Waals surface area (Å²) in [5.74, 6) is 2.84. The van der Waals surface area contributed by atoms with Crippen LogP contribution in [0.25, 0.3) is 0 Å². The van der Waals surface area contributed by atoms with Crippen molar-refractivity contribution in [1.82, 2.24) is 5.32 Å². The maximum absolute atomic E-state index is 5.82. The average molecular weight is 287 g/mol. The Kier molecular flexibility index (Phi) is 5.56. The molecule has 1 aromatic rings. The zero-order valence-corrected chi connectivity index (χ0v) is 13.1. The van der Waals surface area contributed by atoms with Crippen LogP contribution in [0.3, 0.4) is 0 Å². The standard InChI is InChI=1S/C19H29NO/c1-2-10-19(11-3-1)21-14-6-9-16-7-4-5-8-17(16)15-20-18-12-13-18/h1-3,10-11,16-18,20H,4-9,12-15H2. The Morgan fingerprint density at radius 2 is 1.71 bits per heavy atom. The van der Waals surface area contributed by atoms with E-state index >= 15 is 0 Å². The van der Waals surface area contributed by atoms with Gasteiger partial charge in [-0.3, -0.25) is 0 Å². The normalized spacial score (nSPS) is 25.7. The van der Waals surface area contributed by atoms with Crippen molar-refractivity contribution in [3.63, 3.8) is 0 Å². The molecule has 2 aliphatic carbocycles. The van der Waals surface area contributed by atoms with Crippen molar-refractivity contribution in [1.29, 1.82) is 0 Å². The summed E-state index contributed by atoms with van der Waals surface area (Å²) >= 11 is 0. The van der Waals surface area contributed by atoms with Crippen LogP contribution in [0.2, 0.25) is 0 Å². The molecule has 116 valence electrons. The number of hydrogen-bond donors (Lipinski definition) is 1. The summed E-state index contributed by atoms with van der Waals surface area (Å²) < 4.78 is 5.82. The van der Waals surface area contributed by atoms with E-state index in [4.69, 9.17) is 4.74 Å². The number of hydrogen-bond acceptors (Lipinski definition) is 2. The van der Waals surface area contributed by atoms with Gasteiger partial charge in [-0.25, -0.2) is 0 Å².